The van der Waals surface area contributed by atoms with Crippen LogP contribution in [0.1, 0.15) is 5.89 Å². The van der Waals surface area contributed by atoms with Gasteiger partial charge in [0.2, 0.25) is 0 Å². The zero-order chi connectivity index (χ0) is 15.5. The Morgan fingerprint density at radius 1 is 1.32 bits per heavy atom. The van der Waals surface area contributed by atoms with E-state index in [1.54, 1.807) is 49.4 Å². The number of ether oxygens (including phenoxy) is 1. The number of oxazole rings is 1. The molecule has 1 aromatic heterocycles. The molecule has 1 heterocycles. The van der Waals surface area contributed by atoms with Crippen LogP contribution >= 0.6 is 11.6 Å². The van der Waals surface area contributed by atoms with Crippen molar-refractivity contribution in [3.63, 3.8) is 0 Å². The molecule has 1 N–H and O–H groups in total. The number of rotatable bonds is 4. The molecular formula is C16H13ClN2O3. The Labute approximate surface area is 131 Å². The van der Waals surface area contributed by atoms with Crippen LogP contribution in [0.4, 0.5) is 5.69 Å². The molecule has 3 rings (SSSR count). The predicted molar refractivity (Wildman–Crippen MR) is 84.3 cm³/mol. The van der Waals surface area contributed by atoms with E-state index in [0.29, 0.717) is 33.4 Å². The molecule has 0 saturated carbocycles. The van der Waals surface area contributed by atoms with Gasteiger partial charge in [-0.05, 0) is 30.3 Å². The van der Waals surface area contributed by atoms with Gasteiger partial charge in [-0.25, -0.2) is 4.98 Å². The second-order valence-corrected chi connectivity index (χ2v) is 5.09. The highest BCUT2D eigenvalue weighted by Crippen LogP contribution is 2.23. The van der Waals surface area contributed by atoms with Crippen molar-refractivity contribution in [1.29, 1.82) is 0 Å². The molecule has 3 aromatic rings. The number of halogens is 1. The van der Waals surface area contributed by atoms with Gasteiger partial charge in [-0.15, -0.1) is 0 Å². The topological polar surface area (TPSA) is 64.4 Å². The molecule has 6 heteroatoms. The fourth-order valence-corrected chi connectivity index (χ4v) is 2.21. The van der Waals surface area contributed by atoms with Crippen LogP contribution in [0, 0.1) is 6.92 Å². The van der Waals surface area contributed by atoms with E-state index >= 15 is 0 Å². The van der Waals surface area contributed by atoms with Crippen molar-refractivity contribution in [2.45, 2.75) is 6.92 Å². The quantitative estimate of drug-likeness (QED) is 0.795. The number of amides is 1. The predicted octanol–water partition coefficient (Wildman–Crippen LogP) is 3.81. The summed E-state index contributed by atoms with van der Waals surface area (Å²) in [5.74, 6) is 0.780. The van der Waals surface area contributed by atoms with Gasteiger partial charge in [0.15, 0.2) is 18.1 Å². The summed E-state index contributed by atoms with van der Waals surface area (Å²) in [6.45, 7) is 1.65. The van der Waals surface area contributed by atoms with Crippen molar-refractivity contribution in [3.05, 3.63) is 53.4 Å². The molecule has 0 aliphatic rings. The second kappa shape index (κ2) is 6.07. The number of hydrogen-bond donors (Lipinski definition) is 1. The number of nitrogens with zero attached hydrogens (tertiary/aromatic N) is 1. The number of carbonyl (C=O) groups excluding carboxylic acids is 1. The monoisotopic (exact) mass is 316 g/mol. The molecule has 0 fully saturated rings. The normalized spacial score (nSPS) is 10.6. The first kappa shape index (κ1) is 14.4. The van der Waals surface area contributed by atoms with E-state index in [0.717, 1.165) is 0 Å². The van der Waals surface area contributed by atoms with Gasteiger partial charge in [0.25, 0.3) is 5.91 Å². The molecule has 112 valence electrons. The zero-order valence-corrected chi connectivity index (χ0v) is 12.6. The van der Waals surface area contributed by atoms with Gasteiger partial charge in [-0.1, -0.05) is 23.7 Å². The fraction of sp³-hybridized carbons (Fsp3) is 0.125. The number of aryl methyl sites for hydroxylation is 1. The van der Waals surface area contributed by atoms with Crippen molar-refractivity contribution in [2.24, 2.45) is 0 Å². The Balaban J connectivity index is 1.64. The Hall–Kier alpha value is -2.53. The Morgan fingerprint density at radius 2 is 2.14 bits per heavy atom. The van der Waals surface area contributed by atoms with Crippen LogP contribution in [0.2, 0.25) is 5.02 Å². The maximum atomic E-state index is 11.9. The maximum Gasteiger partial charge on any atom is 0.262 e. The average Bonchev–Trinajstić information content (AvgIpc) is 2.86. The van der Waals surface area contributed by atoms with Crippen LogP contribution < -0.4 is 10.1 Å². The van der Waals surface area contributed by atoms with E-state index in [1.807, 2.05) is 0 Å². The summed E-state index contributed by atoms with van der Waals surface area (Å²) in [5, 5.41) is 3.21. The maximum absolute atomic E-state index is 11.9. The van der Waals surface area contributed by atoms with Gasteiger partial charge < -0.3 is 14.5 Å². The van der Waals surface area contributed by atoms with Gasteiger partial charge in [-0.3, -0.25) is 4.79 Å². The number of aromatic nitrogens is 1. The molecule has 0 aliphatic carbocycles. The van der Waals surface area contributed by atoms with E-state index < -0.39 is 0 Å². The molecule has 0 aliphatic heterocycles. The summed E-state index contributed by atoms with van der Waals surface area (Å²) in [6, 6.07) is 12.3. The molecule has 0 spiro atoms. The minimum Gasteiger partial charge on any atom is -0.482 e. The fourth-order valence-electron chi connectivity index (χ4n) is 2.02. The number of carbonyl (C=O) groups is 1. The van der Waals surface area contributed by atoms with Crippen LogP contribution in [0.15, 0.2) is 46.9 Å². The largest absolute Gasteiger partial charge is 0.482 e. The standard InChI is InChI=1S/C16H13ClN2O3/c1-10-18-13-8-11(6-7-15(13)22-10)19-16(20)9-21-14-5-3-2-4-12(14)17/h2-8H,9H2,1H3,(H,19,20). The highest BCUT2D eigenvalue weighted by molar-refractivity contribution is 6.32. The molecule has 0 atom stereocenters. The minimum atomic E-state index is -0.278. The van der Waals surface area contributed by atoms with Crippen LogP contribution in [0.25, 0.3) is 11.1 Å². The van der Waals surface area contributed by atoms with Crippen LogP contribution in [-0.2, 0) is 4.79 Å². The van der Waals surface area contributed by atoms with Crippen molar-refractivity contribution in [3.8, 4) is 5.75 Å². The Kier molecular flexibility index (Phi) is 3.98. The van der Waals surface area contributed by atoms with Crippen molar-refractivity contribution < 1.29 is 13.9 Å². The molecule has 0 unspecified atom stereocenters. The van der Waals surface area contributed by atoms with Crippen molar-refractivity contribution >= 4 is 34.3 Å². The number of fused-ring (bicyclic) bond motifs is 1. The molecule has 5 nitrogen and oxygen atoms in total. The SMILES string of the molecule is Cc1nc2cc(NC(=O)COc3ccccc3Cl)ccc2o1. The number of para-hydroxylation sites is 1. The first-order valence-electron chi connectivity index (χ1n) is 6.66. The van der Waals surface area contributed by atoms with Gasteiger partial charge >= 0.3 is 0 Å². The Morgan fingerprint density at radius 3 is 2.95 bits per heavy atom. The van der Waals surface area contributed by atoms with Crippen molar-refractivity contribution in [1.82, 2.24) is 4.98 Å². The third-order valence-corrected chi connectivity index (χ3v) is 3.29. The van der Waals surface area contributed by atoms with E-state index in [2.05, 4.69) is 10.3 Å². The molecule has 0 radical (unpaired) electrons. The molecule has 22 heavy (non-hydrogen) atoms. The third kappa shape index (κ3) is 3.20. The van der Waals surface area contributed by atoms with Gasteiger partial charge in [0.1, 0.15) is 11.3 Å². The van der Waals surface area contributed by atoms with Crippen LogP contribution in [0.5, 0.6) is 5.75 Å². The van der Waals surface area contributed by atoms with E-state index in [4.69, 9.17) is 20.8 Å². The lowest BCUT2D eigenvalue weighted by atomic mass is 10.3. The number of anilines is 1. The summed E-state index contributed by atoms with van der Waals surface area (Å²) < 4.78 is 10.8. The van der Waals surface area contributed by atoms with Crippen molar-refractivity contribution in [2.75, 3.05) is 11.9 Å². The van der Waals surface area contributed by atoms with E-state index in [1.165, 1.54) is 0 Å². The van der Waals surface area contributed by atoms with Crippen LogP contribution in [0.3, 0.4) is 0 Å². The van der Waals surface area contributed by atoms with Gasteiger partial charge in [0, 0.05) is 12.6 Å². The Bertz CT molecular complexity index is 829. The van der Waals surface area contributed by atoms with E-state index in [-0.39, 0.29) is 12.5 Å². The smallest absolute Gasteiger partial charge is 0.262 e. The second-order valence-electron chi connectivity index (χ2n) is 4.68. The molecule has 0 bridgehead atoms. The molecule has 1 amide bonds. The molecule has 2 aromatic carbocycles. The first-order chi connectivity index (χ1) is 10.6. The zero-order valence-electron chi connectivity index (χ0n) is 11.8. The summed E-state index contributed by atoms with van der Waals surface area (Å²) in [4.78, 5) is 16.1. The number of benzene rings is 2. The molecular weight excluding hydrogens is 304 g/mol. The molecule has 0 saturated heterocycles. The highest BCUT2D eigenvalue weighted by Gasteiger charge is 2.08. The lowest BCUT2D eigenvalue weighted by molar-refractivity contribution is -0.118. The van der Waals surface area contributed by atoms with Crippen LogP contribution in [-0.4, -0.2) is 17.5 Å². The highest BCUT2D eigenvalue weighted by atomic mass is 35.5. The van der Waals surface area contributed by atoms with E-state index in [9.17, 15) is 4.79 Å². The lowest BCUT2D eigenvalue weighted by Crippen LogP contribution is -2.20. The lowest BCUT2D eigenvalue weighted by Gasteiger charge is -2.08. The number of nitrogens with one attached hydrogen (secondary N) is 1. The summed E-state index contributed by atoms with van der Waals surface area (Å²) in [5.41, 5.74) is 2.01. The average molecular weight is 317 g/mol. The first-order valence-corrected chi connectivity index (χ1v) is 7.04. The van der Waals surface area contributed by atoms with Gasteiger partial charge in [0.05, 0.1) is 5.02 Å². The number of hydrogen-bond acceptors (Lipinski definition) is 4. The summed E-state index contributed by atoms with van der Waals surface area (Å²) in [6.07, 6.45) is 0. The van der Waals surface area contributed by atoms with Gasteiger partial charge in [-0.2, -0.15) is 0 Å². The summed E-state index contributed by atoms with van der Waals surface area (Å²) >= 11 is 5.96. The minimum absolute atomic E-state index is 0.125. The third-order valence-electron chi connectivity index (χ3n) is 2.97. The summed E-state index contributed by atoms with van der Waals surface area (Å²) in [7, 11) is 0.